The van der Waals surface area contributed by atoms with Gasteiger partial charge in [0.1, 0.15) is 11.5 Å². The molecule has 6 rings (SSSR count). The number of halogens is 1. The lowest BCUT2D eigenvalue weighted by Crippen LogP contribution is -2.27. The van der Waals surface area contributed by atoms with Gasteiger partial charge >= 0.3 is 0 Å². The van der Waals surface area contributed by atoms with Crippen molar-refractivity contribution in [2.45, 2.75) is 20.8 Å². The van der Waals surface area contributed by atoms with Crippen LogP contribution in [-0.4, -0.2) is 36.0 Å². The molecule has 8 nitrogen and oxygen atoms in total. The van der Waals surface area contributed by atoms with Crippen LogP contribution in [0.2, 0.25) is 0 Å². The third kappa shape index (κ3) is 4.28. The molecule has 0 aliphatic heterocycles. The number of aromatic amines is 2. The Morgan fingerprint density at radius 3 is 2.45 bits per heavy atom. The first-order valence-electron chi connectivity index (χ1n) is 12.1. The molecule has 0 spiro atoms. The van der Waals surface area contributed by atoms with Crippen LogP contribution in [0.3, 0.4) is 0 Å². The Kier molecular flexibility index (Phi) is 5.48. The minimum Gasteiger partial charge on any atom is -0.353 e. The van der Waals surface area contributed by atoms with E-state index in [9.17, 15) is 9.18 Å². The molecule has 0 fully saturated rings. The van der Waals surface area contributed by atoms with Gasteiger partial charge in [-0.1, -0.05) is 20.8 Å². The predicted octanol–water partition coefficient (Wildman–Crippen LogP) is 6.35. The van der Waals surface area contributed by atoms with Crippen molar-refractivity contribution in [2.24, 2.45) is 5.41 Å². The van der Waals surface area contributed by atoms with E-state index in [0.29, 0.717) is 17.0 Å². The molecule has 1 amide bonds. The quantitative estimate of drug-likeness (QED) is 0.258. The monoisotopic (exact) mass is 505 g/mol. The maximum atomic E-state index is 13.5. The van der Waals surface area contributed by atoms with Crippen molar-refractivity contribution in [3.05, 3.63) is 79.1 Å². The molecule has 0 radical (unpaired) electrons. The maximum absolute atomic E-state index is 13.5. The number of fused-ring (bicyclic) bond motifs is 2. The summed E-state index contributed by atoms with van der Waals surface area (Å²) in [6.07, 6.45) is 6.83. The number of carbonyl (C=O) groups is 1. The van der Waals surface area contributed by atoms with Gasteiger partial charge in [-0.05, 0) is 48.5 Å². The van der Waals surface area contributed by atoms with E-state index in [0.717, 1.165) is 44.4 Å². The highest BCUT2D eigenvalue weighted by atomic mass is 19.1. The van der Waals surface area contributed by atoms with E-state index in [2.05, 4.69) is 35.5 Å². The summed E-state index contributed by atoms with van der Waals surface area (Å²) in [4.78, 5) is 29.3. The smallest absolute Gasteiger partial charge is 0.229 e. The molecule has 1 aromatic carbocycles. The third-order valence-corrected chi connectivity index (χ3v) is 6.35. The van der Waals surface area contributed by atoms with Crippen LogP contribution in [0.1, 0.15) is 20.8 Å². The van der Waals surface area contributed by atoms with Gasteiger partial charge in [0, 0.05) is 57.0 Å². The number of benzene rings is 1. The Labute approximate surface area is 217 Å². The van der Waals surface area contributed by atoms with Crippen molar-refractivity contribution in [1.82, 2.24) is 30.1 Å². The molecule has 9 heteroatoms. The molecule has 5 heterocycles. The Balaban J connectivity index is 1.39. The van der Waals surface area contributed by atoms with Crippen molar-refractivity contribution >= 4 is 33.5 Å². The molecule has 5 aromatic heterocycles. The van der Waals surface area contributed by atoms with E-state index in [1.54, 1.807) is 36.9 Å². The molecule has 0 unspecified atom stereocenters. The zero-order valence-electron chi connectivity index (χ0n) is 21.0. The molecule has 6 aromatic rings. The first-order valence-corrected chi connectivity index (χ1v) is 12.1. The van der Waals surface area contributed by atoms with Crippen LogP contribution >= 0.6 is 0 Å². The zero-order valence-corrected chi connectivity index (χ0v) is 21.0. The highest BCUT2D eigenvalue weighted by Gasteiger charge is 2.21. The molecule has 0 saturated heterocycles. The first-order chi connectivity index (χ1) is 18.3. The van der Waals surface area contributed by atoms with E-state index < -0.39 is 5.41 Å². The lowest BCUT2D eigenvalue weighted by Gasteiger charge is -2.17. The number of rotatable bonds is 4. The molecule has 188 valence electrons. The van der Waals surface area contributed by atoms with E-state index in [4.69, 9.17) is 0 Å². The van der Waals surface area contributed by atoms with Crippen LogP contribution in [0, 0.1) is 11.2 Å². The minimum absolute atomic E-state index is 0.0875. The number of aromatic nitrogens is 6. The molecule has 0 aliphatic carbocycles. The van der Waals surface area contributed by atoms with Crippen LogP contribution < -0.4 is 5.32 Å². The van der Waals surface area contributed by atoms with Crippen molar-refractivity contribution < 1.29 is 9.18 Å². The predicted molar refractivity (Wildman–Crippen MR) is 146 cm³/mol. The topological polar surface area (TPSA) is 112 Å². The van der Waals surface area contributed by atoms with Gasteiger partial charge in [-0.15, -0.1) is 0 Å². The second-order valence-corrected chi connectivity index (χ2v) is 10.2. The minimum atomic E-state index is -0.520. The molecule has 3 N–H and O–H groups in total. The molecule has 0 aliphatic rings. The molecule has 38 heavy (non-hydrogen) atoms. The van der Waals surface area contributed by atoms with Gasteiger partial charge in [-0.25, -0.2) is 9.37 Å². The SMILES string of the molecule is CC(C)(C)C(=O)Nc1cncc(-c2cnc3[nH]nc(-c4cc5c(-c6ccc(F)cc6)nccc5[nH]4)c3c2)c1. The maximum Gasteiger partial charge on any atom is 0.229 e. The standard InChI is InChI=1S/C29H24FN7O/c1-29(2,3)28(38)34-20-10-17(13-31-15-20)18-11-22-26(36-37-27(22)33-14-18)24-12-21-23(35-24)8-9-32-25(21)16-4-6-19(30)7-5-16/h4-15,35H,1-3H3,(H,34,38)(H,33,36,37). The van der Waals surface area contributed by atoms with Crippen molar-refractivity contribution in [2.75, 3.05) is 5.32 Å². The summed E-state index contributed by atoms with van der Waals surface area (Å²) in [6, 6.07) is 14.1. The summed E-state index contributed by atoms with van der Waals surface area (Å²) in [7, 11) is 0. The average Bonchev–Trinajstić information content (AvgIpc) is 3.52. The normalized spacial score (nSPS) is 11.8. The third-order valence-electron chi connectivity index (χ3n) is 6.35. The summed E-state index contributed by atoms with van der Waals surface area (Å²) in [5.41, 5.74) is 6.37. The zero-order chi connectivity index (χ0) is 26.4. The van der Waals surface area contributed by atoms with Gasteiger partial charge < -0.3 is 10.3 Å². The van der Waals surface area contributed by atoms with Crippen molar-refractivity contribution in [1.29, 1.82) is 0 Å². The summed E-state index contributed by atoms with van der Waals surface area (Å²) in [5.74, 6) is -0.380. The number of hydrogen-bond donors (Lipinski definition) is 3. The van der Waals surface area contributed by atoms with Gasteiger partial charge in [-0.3, -0.25) is 19.9 Å². The largest absolute Gasteiger partial charge is 0.353 e. The summed E-state index contributed by atoms with van der Waals surface area (Å²) in [6.45, 7) is 5.59. The van der Waals surface area contributed by atoms with Crippen LogP contribution in [0.25, 0.3) is 55.7 Å². The first kappa shape index (κ1) is 23.5. The number of carbonyl (C=O) groups excluding carboxylic acids is 1. The molecular weight excluding hydrogens is 481 g/mol. The van der Waals surface area contributed by atoms with Gasteiger partial charge in [0.15, 0.2) is 5.65 Å². The van der Waals surface area contributed by atoms with E-state index in [-0.39, 0.29) is 11.7 Å². The fourth-order valence-electron chi connectivity index (χ4n) is 4.27. The van der Waals surface area contributed by atoms with E-state index >= 15 is 0 Å². The summed E-state index contributed by atoms with van der Waals surface area (Å²) < 4.78 is 13.5. The second-order valence-electron chi connectivity index (χ2n) is 10.2. The van der Waals surface area contributed by atoms with Gasteiger partial charge in [0.2, 0.25) is 5.91 Å². The molecular formula is C29H24FN7O. The van der Waals surface area contributed by atoms with Gasteiger partial charge in [0.25, 0.3) is 0 Å². The Morgan fingerprint density at radius 1 is 0.868 bits per heavy atom. The van der Waals surface area contributed by atoms with Gasteiger partial charge in [0.05, 0.1) is 23.3 Å². The summed E-state index contributed by atoms with van der Waals surface area (Å²) >= 11 is 0. The average molecular weight is 506 g/mol. The number of H-pyrrole nitrogens is 2. The number of nitrogens with zero attached hydrogens (tertiary/aromatic N) is 4. The Bertz CT molecular complexity index is 1810. The van der Waals surface area contributed by atoms with Gasteiger partial charge in [-0.2, -0.15) is 5.10 Å². The van der Waals surface area contributed by atoms with Crippen molar-refractivity contribution in [3.63, 3.8) is 0 Å². The second kappa shape index (κ2) is 8.88. The van der Waals surface area contributed by atoms with Crippen LogP contribution in [0.5, 0.6) is 0 Å². The van der Waals surface area contributed by atoms with Crippen molar-refractivity contribution in [3.8, 4) is 33.8 Å². The highest BCUT2D eigenvalue weighted by Crippen LogP contribution is 2.34. The molecule has 0 bridgehead atoms. The number of nitrogens with one attached hydrogen (secondary N) is 3. The lowest BCUT2D eigenvalue weighted by atomic mass is 9.95. The molecule has 0 saturated carbocycles. The number of anilines is 1. The molecule has 0 atom stereocenters. The van der Waals surface area contributed by atoms with E-state index in [1.165, 1.54) is 12.1 Å². The van der Waals surface area contributed by atoms with Crippen LogP contribution in [-0.2, 0) is 4.79 Å². The Morgan fingerprint density at radius 2 is 1.66 bits per heavy atom. The van der Waals surface area contributed by atoms with E-state index in [1.807, 2.05) is 45.0 Å². The fourth-order valence-corrected chi connectivity index (χ4v) is 4.27. The highest BCUT2D eigenvalue weighted by molar-refractivity contribution is 6.00. The summed E-state index contributed by atoms with van der Waals surface area (Å²) in [5, 5.41) is 12.2. The Hall–Kier alpha value is -4.92. The fraction of sp³-hybridized carbons (Fsp3) is 0.138. The number of amides is 1. The number of pyridine rings is 3. The number of hydrogen-bond acceptors (Lipinski definition) is 5. The van der Waals surface area contributed by atoms with Crippen LogP contribution in [0.15, 0.2) is 73.3 Å². The lowest BCUT2D eigenvalue weighted by molar-refractivity contribution is -0.123. The van der Waals surface area contributed by atoms with Crippen LogP contribution in [0.4, 0.5) is 10.1 Å².